The molecular formula is C14H23NO3. The summed E-state index contributed by atoms with van der Waals surface area (Å²) in [7, 11) is 0. The third-order valence-electron chi connectivity index (χ3n) is 2.92. The fourth-order valence-electron chi connectivity index (χ4n) is 1.58. The fourth-order valence-corrected chi connectivity index (χ4v) is 1.58. The summed E-state index contributed by atoms with van der Waals surface area (Å²) in [6.45, 7) is 5.10. The first-order valence-corrected chi connectivity index (χ1v) is 6.47. The summed E-state index contributed by atoms with van der Waals surface area (Å²) >= 11 is 0. The highest BCUT2D eigenvalue weighted by Gasteiger charge is 2.06. The maximum Gasteiger partial charge on any atom is 0.209 e. The van der Waals surface area contributed by atoms with Gasteiger partial charge in [0, 0.05) is 6.07 Å². The van der Waals surface area contributed by atoms with Crippen LogP contribution in [0.5, 0.6) is 11.5 Å². The van der Waals surface area contributed by atoms with Crippen molar-refractivity contribution in [1.82, 2.24) is 0 Å². The van der Waals surface area contributed by atoms with Crippen LogP contribution in [0.4, 0.5) is 0 Å². The van der Waals surface area contributed by atoms with E-state index in [-0.39, 0.29) is 6.54 Å². The zero-order valence-electron chi connectivity index (χ0n) is 11.1. The summed E-state index contributed by atoms with van der Waals surface area (Å²) in [6.07, 6.45) is 1.25. The van der Waals surface area contributed by atoms with Gasteiger partial charge in [-0.05, 0) is 18.1 Å². The van der Waals surface area contributed by atoms with Crippen molar-refractivity contribution in [3.63, 3.8) is 0 Å². The highest BCUT2D eigenvalue weighted by atomic mass is 16.6. The fraction of sp³-hybridized carbons (Fsp3) is 0.571. The highest BCUT2D eigenvalue weighted by molar-refractivity contribution is 5.33. The largest absolute Gasteiger partial charge is 0.493 e. The van der Waals surface area contributed by atoms with Crippen LogP contribution in [0, 0.1) is 5.92 Å². The Morgan fingerprint density at radius 3 is 2.50 bits per heavy atom. The zero-order chi connectivity index (χ0) is 13.4. The second-order valence-electron chi connectivity index (χ2n) is 4.28. The highest BCUT2D eigenvalue weighted by Crippen LogP contribution is 2.21. The molecule has 0 aliphatic carbocycles. The lowest BCUT2D eigenvalue weighted by Crippen LogP contribution is -2.25. The lowest BCUT2D eigenvalue weighted by Gasteiger charge is -2.15. The van der Waals surface area contributed by atoms with Crippen molar-refractivity contribution in [3.05, 3.63) is 24.3 Å². The molecule has 1 aromatic carbocycles. The van der Waals surface area contributed by atoms with Gasteiger partial charge < -0.3 is 20.3 Å². The Morgan fingerprint density at radius 2 is 1.89 bits per heavy atom. The Kier molecular flexibility index (Phi) is 6.54. The molecule has 0 bridgehead atoms. The van der Waals surface area contributed by atoms with Crippen molar-refractivity contribution >= 4 is 0 Å². The molecule has 1 rings (SSSR count). The molecular weight excluding hydrogens is 230 g/mol. The first kappa shape index (κ1) is 14.8. The van der Waals surface area contributed by atoms with E-state index in [0.29, 0.717) is 18.3 Å². The van der Waals surface area contributed by atoms with E-state index >= 15 is 0 Å². The van der Waals surface area contributed by atoms with Crippen LogP contribution in [0.3, 0.4) is 0 Å². The molecule has 0 unspecified atom stereocenters. The Hall–Kier alpha value is -1.26. The van der Waals surface area contributed by atoms with Crippen molar-refractivity contribution in [1.29, 1.82) is 0 Å². The molecule has 0 aliphatic heterocycles. The van der Waals surface area contributed by atoms with Crippen LogP contribution in [0.15, 0.2) is 24.3 Å². The average Bonchev–Trinajstić information content (AvgIpc) is 2.40. The molecule has 0 aromatic heterocycles. The monoisotopic (exact) mass is 253 g/mol. The number of nitrogens with two attached hydrogens (primary N) is 1. The molecule has 1 atom stereocenters. The van der Waals surface area contributed by atoms with Crippen LogP contribution in [0.1, 0.15) is 26.7 Å². The summed E-state index contributed by atoms with van der Waals surface area (Å²) in [5.41, 5.74) is 5.29. The number of hydrogen-bond donors (Lipinski definition) is 2. The van der Waals surface area contributed by atoms with Crippen LogP contribution < -0.4 is 15.2 Å². The molecule has 4 heteroatoms. The maximum atomic E-state index is 9.31. The quantitative estimate of drug-likeness (QED) is 0.697. The Bertz CT molecular complexity index is 340. The van der Waals surface area contributed by atoms with Crippen molar-refractivity contribution < 1.29 is 14.6 Å². The van der Waals surface area contributed by atoms with E-state index in [4.69, 9.17) is 15.2 Å². The molecule has 0 amide bonds. The molecule has 0 saturated heterocycles. The number of aliphatic hydroxyl groups excluding tert-OH is 1. The van der Waals surface area contributed by atoms with Gasteiger partial charge in [0.05, 0.1) is 13.2 Å². The average molecular weight is 253 g/mol. The smallest absolute Gasteiger partial charge is 0.209 e. The molecule has 1 aromatic rings. The molecule has 0 saturated carbocycles. The van der Waals surface area contributed by atoms with Gasteiger partial charge >= 0.3 is 0 Å². The van der Waals surface area contributed by atoms with Crippen molar-refractivity contribution in [2.75, 3.05) is 13.2 Å². The first-order chi connectivity index (χ1) is 8.69. The van der Waals surface area contributed by atoms with E-state index in [1.165, 1.54) is 0 Å². The Morgan fingerprint density at radius 1 is 1.22 bits per heavy atom. The summed E-state index contributed by atoms with van der Waals surface area (Å²) < 4.78 is 10.9. The van der Waals surface area contributed by atoms with E-state index < -0.39 is 6.29 Å². The minimum atomic E-state index is -0.973. The van der Waals surface area contributed by atoms with Crippen molar-refractivity contribution in [2.45, 2.75) is 33.0 Å². The molecule has 0 spiro atoms. The third-order valence-corrected chi connectivity index (χ3v) is 2.92. The maximum absolute atomic E-state index is 9.31. The van der Waals surface area contributed by atoms with Crippen molar-refractivity contribution in [3.8, 4) is 11.5 Å². The van der Waals surface area contributed by atoms with Crippen molar-refractivity contribution in [2.24, 2.45) is 11.7 Å². The van der Waals surface area contributed by atoms with E-state index in [0.717, 1.165) is 18.6 Å². The standard InChI is InChI=1S/C14H23NO3/c1-3-11(4-2)10-17-12-6-5-7-13(8-12)18-14(16)9-15/h5-8,11,14,16H,3-4,9-10,15H2,1-2H3/t14-/m0/s1. The van der Waals surface area contributed by atoms with Crippen LogP contribution in [-0.2, 0) is 0 Å². The molecule has 102 valence electrons. The Labute approximate surface area is 109 Å². The van der Waals surface area contributed by atoms with E-state index in [9.17, 15) is 5.11 Å². The molecule has 18 heavy (non-hydrogen) atoms. The zero-order valence-corrected chi connectivity index (χ0v) is 11.1. The van der Waals surface area contributed by atoms with Gasteiger partial charge in [-0.2, -0.15) is 0 Å². The first-order valence-electron chi connectivity index (χ1n) is 6.47. The SMILES string of the molecule is CCC(CC)COc1cccc(O[C@H](O)CN)c1. The second kappa shape index (κ2) is 7.95. The lowest BCUT2D eigenvalue weighted by molar-refractivity contribution is -0.00873. The van der Waals surface area contributed by atoms with Crippen LogP contribution >= 0.6 is 0 Å². The van der Waals surface area contributed by atoms with E-state index in [1.54, 1.807) is 12.1 Å². The lowest BCUT2D eigenvalue weighted by atomic mass is 10.1. The van der Waals surface area contributed by atoms with E-state index in [2.05, 4.69) is 13.8 Å². The molecule has 0 heterocycles. The number of ether oxygens (including phenoxy) is 2. The predicted molar refractivity (Wildman–Crippen MR) is 71.7 cm³/mol. The summed E-state index contributed by atoms with van der Waals surface area (Å²) in [5, 5.41) is 9.31. The van der Waals surface area contributed by atoms with Crippen LogP contribution in [0.2, 0.25) is 0 Å². The minimum absolute atomic E-state index is 0.0683. The Balaban J connectivity index is 2.53. The summed E-state index contributed by atoms with van der Waals surface area (Å²) in [5.74, 6) is 1.89. The van der Waals surface area contributed by atoms with Crippen LogP contribution in [-0.4, -0.2) is 24.5 Å². The predicted octanol–water partition coefficient (Wildman–Crippen LogP) is 2.16. The third kappa shape index (κ3) is 4.94. The van der Waals surface area contributed by atoms with Gasteiger partial charge in [-0.15, -0.1) is 0 Å². The van der Waals surface area contributed by atoms with Gasteiger partial charge in [-0.3, -0.25) is 0 Å². The van der Waals surface area contributed by atoms with Gasteiger partial charge in [0.1, 0.15) is 11.5 Å². The molecule has 0 fully saturated rings. The van der Waals surface area contributed by atoms with Gasteiger partial charge in [0.2, 0.25) is 6.29 Å². The van der Waals surface area contributed by atoms with Gasteiger partial charge in [0.15, 0.2) is 0 Å². The number of rotatable bonds is 8. The van der Waals surface area contributed by atoms with E-state index in [1.807, 2.05) is 12.1 Å². The van der Waals surface area contributed by atoms with Gasteiger partial charge in [0.25, 0.3) is 0 Å². The molecule has 0 radical (unpaired) electrons. The molecule has 0 aliphatic rings. The molecule has 4 nitrogen and oxygen atoms in total. The van der Waals surface area contributed by atoms with Crippen LogP contribution in [0.25, 0.3) is 0 Å². The summed E-state index contributed by atoms with van der Waals surface area (Å²) in [6, 6.07) is 7.25. The number of benzene rings is 1. The normalized spacial score (nSPS) is 12.5. The topological polar surface area (TPSA) is 64.7 Å². The minimum Gasteiger partial charge on any atom is -0.493 e. The summed E-state index contributed by atoms with van der Waals surface area (Å²) in [4.78, 5) is 0. The second-order valence-corrected chi connectivity index (χ2v) is 4.28. The molecule has 3 N–H and O–H groups in total. The van der Waals surface area contributed by atoms with Gasteiger partial charge in [-0.1, -0.05) is 32.8 Å². The number of aliphatic hydroxyl groups is 1. The number of hydrogen-bond acceptors (Lipinski definition) is 4. The van der Waals surface area contributed by atoms with Gasteiger partial charge in [-0.25, -0.2) is 0 Å².